The van der Waals surface area contributed by atoms with Crippen LogP contribution in [0.2, 0.25) is 0 Å². The van der Waals surface area contributed by atoms with Crippen molar-refractivity contribution in [2.75, 3.05) is 0 Å². The van der Waals surface area contributed by atoms with Gasteiger partial charge in [-0.2, -0.15) is 18.3 Å². The number of aromatic nitrogens is 4. The molecule has 3 rings (SSSR count). The first-order chi connectivity index (χ1) is 10.9. The fourth-order valence-corrected chi connectivity index (χ4v) is 2.59. The molecule has 0 aliphatic heterocycles. The van der Waals surface area contributed by atoms with Crippen LogP contribution in [0, 0.1) is 0 Å². The molecule has 0 radical (unpaired) electrons. The molecule has 0 bridgehead atoms. The van der Waals surface area contributed by atoms with Crippen LogP contribution in [-0.4, -0.2) is 25.7 Å². The molecule has 2 aromatic heterocycles. The molecule has 9 heteroatoms. The zero-order chi connectivity index (χ0) is 16.6. The number of hydrogen-bond acceptors (Lipinski definition) is 3. The molecular weight excluding hydrogens is 311 g/mol. The standard InChI is InChI=1S/C14H16F3N5O/c1-22-12(9(5-20-22)8-3-2-4-8)13(23)19-7-11-18-6-10(21-11)14(15,16)17/h5-6,8H,2-4,7H2,1H3,(H,18,21)(H,19,23). The lowest BCUT2D eigenvalue weighted by molar-refractivity contribution is -0.140. The lowest BCUT2D eigenvalue weighted by Gasteiger charge is -2.25. The second kappa shape index (κ2) is 5.71. The van der Waals surface area contributed by atoms with Crippen molar-refractivity contribution in [2.24, 2.45) is 7.05 Å². The summed E-state index contributed by atoms with van der Waals surface area (Å²) in [7, 11) is 1.67. The van der Waals surface area contributed by atoms with Crippen LogP contribution >= 0.6 is 0 Å². The van der Waals surface area contributed by atoms with E-state index in [4.69, 9.17) is 0 Å². The van der Waals surface area contributed by atoms with E-state index in [0.29, 0.717) is 17.8 Å². The Bertz CT molecular complexity index is 714. The van der Waals surface area contributed by atoms with Gasteiger partial charge in [0.1, 0.15) is 17.2 Å². The van der Waals surface area contributed by atoms with Crippen molar-refractivity contribution in [3.05, 3.63) is 35.2 Å². The molecule has 0 aromatic carbocycles. The fourth-order valence-electron chi connectivity index (χ4n) is 2.59. The van der Waals surface area contributed by atoms with Crippen molar-refractivity contribution in [3.63, 3.8) is 0 Å². The minimum atomic E-state index is -4.48. The predicted molar refractivity (Wildman–Crippen MR) is 74.6 cm³/mol. The lowest BCUT2D eigenvalue weighted by atomic mass is 9.80. The van der Waals surface area contributed by atoms with Crippen molar-refractivity contribution < 1.29 is 18.0 Å². The Morgan fingerprint density at radius 1 is 1.43 bits per heavy atom. The Balaban J connectivity index is 1.68. The average Bonchev–Trinajstić information content (AvgIpc) is 3.01. The van der Waals surface area contributed by atoms with Gasteiger partial charge in [-0.05, 0) is 18.8 Å². The number of nitrogens with one attached hydrogen (secondary N) is 2. The Hall–Kier alpha value is -2.32. The molecule has 0 unspecified atom stereocenters. The second-order valence-electron chi connectivity index (χ2n) is 5.62. The summed E-state index contributed by atoms with van der Waals surface area (Å²) in [6, 6.07) is 0. The Morgan fingerprint density at radius 3 is 2.74 bits per heavy atom. The first kappa shape index (κ1) is 15.6. The number of aromatic amines is 1. The maximum atomic E-state index is 12.5. The number of aryl methyl sites for hydroxylation is 1. The molecule has 2 heterocycles. The largest absolute Gasteiger partial charge is 0.432 e. The van der Waals surface area contributed by atoms with Crippen LogP contribution in [0.1, 0.15) is 52.8 Å². The molecule has 124 valence electrons. The van der Waals surface area contributed by atoms with Crippen LogP contribution in [0.4, 0.5) is 13.2 Å². The highest BCUT2D eigenvalue weighted by Gasteiger charge is 2.33. The van der Waals surface area contributed by atoms with Crippen LogP contribution in [-0.2, 0) is 19.8 Å². The normalized spacial score (nSPS) is 15.5. The number of carbonyl (C=O) groups is 1. The van der Waals surface area contributed by atoms with Gasteiger partial charge in [-0.15, -0.1) is 0 Å². The number of imidazole rings is 1. The van der Waals surface area contributed by atoms with Gasteiger partial charge in [0.05, 0.1) is 18.9 Å². The monoisotopic (exact) mass is 327 g/mol. The number of amides is 1. The third-order valence-electron chi connectivity index (χ3n) is 4.08. The van der Waals surface area contributed by atoms with Gasteiger partial charge in [0, 0.05) is 12.6 Å². The van der Waals surface area contributed by atoms with Crippen molar-refractivity contribution in [1.82, 2.24) is 25.1 Å². The summed E-state index contributed by atoms with van der Waals surface area (Å²) in [6.45, 7) is -0.107. The first-order valence-corrected chi connectivity index (χ1v) is 7.27. The summed E-state index contributed by atoms with van der Waals surface area (Å²) in [5.41, 5.74) is 0.418. The van der Waals surface area contributed by atoms with E-state index in [0.717, 1.165) is 24.8 Å². The summed E-state index contributed by atoms with van der Waals surface area (Å²) in [4.78, 5) is 18.1. The fraction of sp³-hybridized carbons (Fsp3) is 0.500. The molecule has 1 aliphatic rings. The summed E-state index contributed by atoms with van der Waals surface area (Å²) in [5.74, 6) is 0.0276. The quantitative estimate of drug-likeness (QED) is 0.905. The van der Waals surface area contributed by atoms with Crippen LogP contribution in [0.5, 0.6) is 0 Å². The molecule has 1 fully saturated rings. The highest BCUT2D eigenvalue weighted by Crippen LogP contribution is 2.37. The zero-order valence-electron chi connectivity index (χ0n) is 12.4. The third kappa shape index (κ3) is 3.08. The van der Waals surface area contributed by atoms with Gasteiger partial charge >= 0.3 is 6.18 Å². The third-order valence-corrected chi connectivity index (χ3v) is 4.08. The number of alkyl halides is 3. The summed E-state index contributed by atoms with van der Waals surface area (Å²) < 4.78 is 39.0. The van der Waals surface area contributed by atoms with Gasteiger partial charge in [-0.1, -0.05) is 6.42 Å². The van der Waals surface area contributed by atoms with Crippen molar-refractivity contribution in [3.8, 4) is 0 Å². The van der Waals surface area contributed by atoms with E-state index >= 15 is 0 Å². The van der Waals surface area contributed by atoms with Crippen molar-refractivity contribution in [2.45, 2.75) is 37.9 Å². The van der Waals surface area contributed by atoms with Crippen LogP contribution in [0.25, 0.3) is 0 Å². The number of H-pyrrole nitrogens is 1. The van der Waals surface area contributed by atoms with Gasteiger partial charge in [-0.25, -0.2) is 4.98 Å². The molecular formula is C14H16F3N5O. The number of rotatable bonds is 4. The number of nitrogens with zero attached hydrogens (tertiary/aromatic N) is 3. The Labute approximate surface area is 130 Å². The smallest absolute Gasteiger partial charge is 0.343 e. The molecule has 1 amide bonds. The maximum absolute atomic E-state index is 12.5. The van der Waals surface area contributed by atoms with Gasteiger partial charge in [0.2, 0.25) is 0 Å². The Kier molecular flexibility index (Phi) is 3.87. The summed E-state index contributed by atoms with van der Waals surface area (Å²) in [6.07, 6.45) is 1.11. The number of carbonyl (C=O) groups excluding carboxylic acids is 1. The minimum absolute atomic E-state index is 0.0537. The van der Waals surface area contributed by atoms with Crippen LogP contribution < -0.4 is 5.32 Å². The van der Waals surface area contributed by atoms with Crippen molar-refractivity contribution >= 4 is 5.91 Å². The van der Waals surface area contributed by atoms with E-state index in [1.54, 1.807) is 13.2 Å². The average molecular weight is 327 g/mol. The van der Waals surface area contributed by atoms with Crippen LogP contribution in [0.3, 0.4) is 0 Å². The SMILES string of the molecule is Cn1ncc(C2CCC2)c1C(=O)NCc1ncc(C(F)(F)F)[nH]1. The van der Waals surface area contributed by atoms with E-state index < -0.39 is 11.9 Å². The lowest BCUT2D eigenvalue weighted by Crippen LogP contribution is -2.27. The van der Waals surface area contributed by atoms with E-state index in [1.807, 2.05) is 0 Å². The van der Waals surface area contributed by atoms with Gasteiger partial charge < -0.3 is 10.3 Å². The van der Waals surface area contributed by atoms with Crippen molar-refractivity contribution in [1.29, 1.82) is 0 Å². The Morgan fingerprint density at radius 2 is 2.17 bits per heavy atom. The first-order valence-electron chi connectivity index (χ1n) is 7.27. The molecule has 2 aromatic rings. The van der Waals surface area contributed by atoms with E-state index in [9.17, 15) is 18.0 Å². The zero-order valence-corrected chi connectivity index (χ0v) is 12.4. The van der Waals surface area contributed by atoms with Crippen LogP contribution in [0.15, 0.2) is 12.4 Å². The topological polar surface area (TPSA) is 75.6 Å². The van der Waals surface area contributed by atoms with E-state index in [2.05, 4.69) is 20.4 Å². The predicted octanol–water partition coefficient (Wildman–Crippen LogP) is 2.36. The molecule has 0 saturated heterocycles. The molecule has 23 heavy (non-hydrogen) atoms. The summed E-state index contributed by atoms with van der Waals surface area (Å²) in [5, 5.41) is 6.71. The second-order valence-corrected chi connectivity index (χ2v) is 5.62. The van der Waals surface area contributed by atoms with Gasteiger partial charge in [0.25, 0.3) is 5.91 Å². The molecule has 6 nitrogen and oxygen atoms in total. The molecule has 1 saturated carbocycles. The van der Waals surface area contributed by atoms with E-state index in [1.165, 1.54) is 4.68 Å². The molecule has 1 aliphatic carbocycles. The van der Waals surface area contributed by atoms with Gasteiger partial charge in [0.15, 0.2) is 0 Å². The van der Waals surface area contributed by atoms with Gasteiger partial charge in [-0.3, -0.25) is 9.48 Å². The maximum Gasteiger partial charge on any atom is 0.432 e. The number of hydrogen-bond donors (Lipinski definition) is 2. The molecule has 0 spiro atoms. The van der Waals surface area contributed by atoms with E-state index in [-0.39, 0.29) is 18.3 Å². The summed E-state index contributed by atoms with van der Waals surface area (Å²) >= 11 is 0. The molecule has 2 N–H and O–H groups in total. The minimum Gasteiger partial charge on any atom is -0.343 e. The number of halogens is 3. The molecule has 0 atom stereocenters. The highest BCUT2D eigenvalue weighted by molar-refractivity contribution is 5.94. The highest BCUT2D eigenvalue weighted by atomic mass is 19.4.